The van der Waals surface area contributed by atoms with Gasteiger partial charge >= 0.3 is 0 Å². The van der Waals surface area contributed by atoms with Crippen molar-refractivity contribution >= 4 is 5.84 Å². The summed E-state index contributed by atoms with van der Waals surface area (Å²) in [6, 6.07) is 0. The first-order valence-electron chi connectivity index (χ1n) is 3.53. The molecule has 0 aromatic rings. The summed E-state index contributed by atoms with van der Waals surface area (Å²) in [7, 11) is 2.04. The molecule has 0 radical (unpaired) electrons. The molecule has 0 amide bonds. The molecular formula is C8H10N2. The van der Waals surface area contributed by atoms with Crippen LogP contribution in [-0.2, 0) is 0 Å². The van der Waals surface area contributed by atoms with E-state index in [9.17, 15) is 0 Å². The van der Waals surface area contributed by atoms with Gasteiger partial charge < -0.3 is 4.90 Å². The zero-order valence-corrected chi connectivity index (χ0v) is 6.04. The molecule has 2 aliphatic rings. The van der Waals surface area contributed by atoms with E-state index in [0.717, 1.165) is 18.8 Å². The van der Waals surface area contributed by atoms with Crippen molar-refractivity contribution in [2.75, 3.05) is 13.6 Å². The maximum Gasteiger partial charge on any atom is 0.130 e. The lowest BCUT2D eigenvalue weighted by atomic mass is 10.1. The van der Waals surface area contributed by atoms with Gasteiger partial charge in [0, 0.05) is 19.8 Å². The van der Waals surface area contributed by atoms with Gasteiger partial charge in [-0.3, -0.25) is 4.99 Å². The van der Waals surface area contributed by atoms with E-state index >= 15 is 0 Å². The lowest BCUT2D eigenvalue weighted by molar-refractivity contribution is 0.685. The van der Waals surface area contributed by atoms with Crippen molar-refractivity contribution in [3.8, 4) is 0 Å². The number of aliphatic imine (C=N–C) groups is 1. The number of nitrogens with zero attached hydrogens (tertiary/aromatic N) is 2. The standard InChI is InChI=1S/C8H10N2/c1-10-6-2-3-7-4-5-9-8(7)10/h2-3,6H,4-5H2,1H3. The molecule has 0 fully saturated rings. The monoisotopic (exact) mass is 134 g/mol. The van der Waals surface area contributed by atoms with Crippen molar-refractivity contribution < 1.29 is 0 Å². The van der Waals surface area contributed by atoms with E-state index in [1.807, 2.05) is 13.2 Å². The first-order chi connectivity index (χ1) is 4.88. The third-order valence-electron chi connectivity index (χ3n) is 1.87. The smallest absolute Gasteiger partial charge is 0.130 e. The van der Waals surface area contributed by atoms with Gasteiger partial charge in [0.25, 0.3) is 0 Å². The highest BCUT2D eigenvalue weighted by atomic mass is 15.2. The number of hydrogen-bond acceptors (Lipinski definition) is 2. The van der Waals surface area contributed by atoms with E-state index in [-0.39, 0.29) is 0 Å². The minimum atomic E-state index is 0.965. The van der Waals surface area contributed by atoms with E-state index in [4.69, 9.17) is 0 Å². The fourth-order valence-electron chi connectivity index (χ4n) is 1.35. The van der Waals surface area contributed by atoms with Gasteiger partial charge in [0.05, 0.1) is 0 Å². The molecule has 2 aliphatic heterocycles. The Morgan fingerprint density at radius 3 is 3.30 bits per heavy atom. The number of amidine groups is 1. The molecule has 2 heterocycles. The number of fused-ring (bicyclic) bond motifs is 1. The summed E-state index contributed by atoms with van der Waals surface area (Å²) in [4.78, 5) is 6.43. The molecule has 2 heteroatoms. The van der Waals surface area contributed by atoms with E-state index in [2.05, 4.69) is 22.0 Å². The van der Waals surface area contributed by atoms with Gasteiger partial charge in [0.2, 0.25) is 0 Å². The Hall–Kier alpha value is -1.05. The summed E-state index contributed by atoms with van der Waals surface area (Å²) in [5.74, 6) is 1.16. The van der Waals surface area contributed by atoms with Crippen LogP contribution in [0.25, 0.3) is 0 Å². The summed E-state index contributed by atoms with van der Waals surface area (Å²) in [6.45, 7) is 0.965. The van der Waals surface area contributed by atoms with Crippen LogP contribution in [0.1, 0.15) is 6.42 Å². The minimum Gasteiger partial charge on any atom is -0.336 e. The molecule has 0 aromatic carbocycles. The van der Waals surface area contributed by atoms with Gasteiger partial charge in [-0.2, -0.15) is 0 Å². The molecule has 0 aromatic heterocycles. The van der Waals surface area contributed by atoms with Crippen LogP contribution in [0.4, 0.5) is 0 Å². The van der Waals surface area contributed by atoms with Crippen molar-refractivity contribution in [1.82, 2.24) is 4.90 Å². The second kappa shape index (κ2) is 1.97. The average Bonchev–Trinajstić information content (AvgIpc) is 2.36. The van der Waals surface area contributed by atoms with Gasteiger partial charge in [-0.1, -0.05) is 6.08 Å². The predicted octanol–water partition coefficient (Wildman–Crippen LogP) is 1.17. The van der Waals surface area contributed by atoms with Gasteiger partial charge in [-0.25, -0.2) is 0 Å². The van der Waals surface area contributed by atoms with Crippen molar-refractivity contribution in [2.45, 2.75) is 6.42 Å². The Morgan fingerprint density at radius 2 is 2.50 bits per heavy atom. The maximum absolute atomic E-state index is 4.36. The number of allylic oxidation sites excluding steroid dienone is 2. The van der Waals surface area contributed by atoms with Crippen LogP contribution in [0.15, 0.2) is 28.9 Å². The number of rotatable bonds is 0. The van der Waals surface area contributed by atoms with Crippen LogP contribution in [0.2, 0.25) is 0 Å². The summed E-state index contributed by atoms with van der Waals surface area (Å²) < 4.78 is 0. The van der Waals surface area contributed by atoms with Crippen LogP contribution < -0.4 is 0 Å². The summed E-state index contributed by atoms with van der Waals surface area (Å²) in [5, 5.41) is 0. The fraction of sp³-hybridized carbons (Fsp3) is 0.375. The Bertz CT molecular complexity index is 236. The summed E-state index contributed by atoms with van der Waals surface area (Å²) in [5.41, 5.74) is 1.38. The van der Waals surface area contributed by atoms with Crippen molar-refractivity contribution in [1.29, 1.82) is 0 Å². The van der Waals surface area contributed by atoms with Crippen molar-refractivity contribution in [3.05, 3.63) is 23.9 Å². The van der Waals surface area contributed by atoms with Gasteiger partial charge in [-0.15, -0.1) is 0 Å². The Balaban J connectivity index is 2.39. The summed E-state index contributed by atoms with van der Waals surface area (Å²) in [6.07, 6.45) is 7.36. The first kappa shape index (κ1) is 5.71. The molecule has 0 bridgehead atoms. The average molecular weight is 134 g/mol. The quantitative estimate of drug-likeness (QED) is 0.485. The molecule has 0 saturated carbocycles. The highest BCUT2D eigenvalue weighted by Crippen LogP contribution is 2.18. The minimum absolute atomic E-state index is 0.965. The lowest BCUT2D eigenvalue weighted by Crippen LogP contribution is -2.22. The predicted molar refractivity (Wildman–Crippen MR) is 41.9 cm³/mol. The van der Waals surface area contributed by atoms with Crippen LogP contribution >= 0.6 is 0 Å². The maximum atomic E-state index is 4.36. The first-order valence-corrected chi connectivity index (χ1v) is 3.53. The Morgan fingerprint density at radius 1 is 1.60 bits per heavy atom. The molecule has 0 spiro atoms. The normalized spacial score (nSPS) is 22.3. The molecule has 10 heavy (non-hydrogen) atoms. The van der Waals surface area contributed by atoms with Crippen molar-refractivity contribution in [2.24, 2.45) is 4.99 Å². The fourth-order valence-corrected chi connectivity index (χ4v) is 1.35. The SMILES string of the molecule is CN1C=CC=C2CCN=C21. The molecule has 0 saturated heterocycles. The third kappa shape index (κ3) is 0.685. The lowest BCUT2D eigenvalue weighted by Gasteiger charge is -2.17. The molecular weight excluding hydrogens is 124 g/mol. The second-order valence-corrected chi connectivity index (χ2v) is 2.60. The summed E-state index contributed by atoms with van der Waals surface area (Å²) >= 11 is 0. The highest BCUT2D eigenvalue weighted by molar-refractivity contribution is 6.01. The molecule has 0 unspecified atom stereocenters. The molecule has 0 atom stereocenters. The van der Waals surface area contributed by atoms with Crippen molar-refractivity contribution in [3.63, 3.8) is 0 Å². The van der Waals surface area contributed by atoms with E-state index in [1.54, 1.807) is 0 Å². The molecule has 2 nitrogen and oxygen atoms in total. The third-order valence-corrected chi connectivity index (χ3v) is 1.87. The van der Waals surface area contributed by atoms with Crippen LogP contribution in [0, 0.1) is 0 Å². The Kier molecular flexibility index (Phi) is 1.13. The van der Waals surface area contributed by atoms with Gasteiger partial charge in [0.1, 0.15) is 5.84 Å². The van der Waals surface area contributed by atoms with Crippen LogP contribution in [-0.4, -0.2) is 24.3 Å². The topological polar surface area (TPSA) is 15.6 Å². The zero-order valence-electron chi connectivity index (χ0n) is 6.04. The van der Waals surface area contributed by atoms with E-state index in [0.29, 0.717) is 0 Å². The van der Waals surface area contributed by atoms with Crippen LogP contribution in [0.3, 0.4) is 0 Å². The Labute approximate surface area is 60.6 Å². The molecule has 0 N–H and O–H groups in total. The zero-order chi connectivity index (χ0) is 6.97. The highest BCUT2D eigenvalue weighted by Gasteiger charge is 2.16. The van der Waals surface area contributed by atoms with E-state index in [1.165, 1.54) is 5.57 Å². The number of hydrogen-bond donors (Lipinski definition) is 0. The second-order valence-electron chi connectivity index (χ2n) is 2.60. The van der Waals surface area contributed by atoms with Crippen LogP contribution in [0.5, 0.6) is 0 Å². The van der Waals surface area contributed by atoms with E-state index < -0.39 is 0 Å². The molecule has 52 valence electrons. The molecule has 2 rings (SSSR count). The largest absolute Gasteiger partial charge is 0.336 e. The van der Waals surface area contributed by atoms with Gasteiger partial charge in [-0.05, 0) is 18.1 Å². The molecule has 0 aliphatic carbocycles. The van der Waals surface area contributed by atoms with Gasteiger partial charge in [0.15, 0.2) is 0 Å². The number of likely N-dealkylation sites (N-methyl/N-ethyl adjacent to an activating group) is 1.